The Bertz CT molecular complexity index is 533. The van der Waals surface area contributed by atoms with Crippen molar-refractivity contribution in [1.82, 2.24) is 4.90 Å². The summed E-state index contributed by atoms with van der Waals surface area (Å²) in [5.74, 6) is -3.91. The number of hydrogen-bond donors (Lipinski definition) is 1. The number of carbonyl (C=O) groups is 2. The van der Waals surface area contributed by atoms with Crippen LogP contribution in [-0.2, 0) is 4.79 Å². The van der Waals surface area contributed by atoms with Crippen LogP contribution in [0.3, 0.4) is 0 Å². The highest BCUT2D eigenvalue weighted by Gasteiger charge is 2.38. The van der Waals surface area contributed by atoms with Crippen molar-refractivity contribution < 1.29 is 23.5 Å². The van der Waals surface area contributed by atoms with Gasteiger partial charge in [-0.1, -0.05) is 0 Å². The quantitative estimate of drug-likeness (QED) is 0.892. The Morgan fingerprint density at radius 3 is 2.58 bits per heavy atom. The summed E-state index contributed by atoms with van der Waals surface area (Å²) in [5.41, 5.74) is -0.237. The lowest BCUT2D eigenvalue weighted by molar-refractivity contribution is -0.142. The zero-order valence-corrected chi connectivity index (χ0v) is 10.3. The molecule has 1 aliphatic heterocycles. The van der Waals surface area contributed by atoms with E-state index in [9.17, 15) is 18.4 Å². The highest BCUT2D eigenvalue weighted by molar-refractivity contribution is 5.95. The molecule has 2 unspecified atom stereocenters. The topological polar surface area (TPSA) is 57.6 Å². The van der Waals surface area contributed by atoms with Crippen LogP contribution >= 0.6 is 0 Å². The highest BCUT2D eigenvalue weighted by Crippen LogP contribution is 2.26. The smallest absolute Gasteiger partial charge is 0.308 e. The molecular weight excluding hydrogens is 256 g/mol. The largest absolute Gasteiger partial charge is 0.481 e. The second kappa shape index (κ2) is 4.95. The van der Waals surface area contributed by atoms with Gasteiger partial charge in [0.2, 0.25) is 0 Å². The minimum atomic E-state index is -0.970. The number of benzene rings is 1. The van der Waals surface area contributed by atoms with Crippen LogP contribution in [-0.4, -0.2) is 34.5 Å². The first-order chi connectivity index (χ1) is 8.91. The average Bonchev–Trinajstić information content (AvgIpc) is 2.70. The molecule has 0 bridgehead atoms. The van der Waals surface area contributed by atoms with Crippen LogP contribution in [0.1, 0.15) is 23.7 Å². The van der Waals surface area contributed by atoms with E-state index < -0.39 is 35.5 Å². The van der Waals surface area contributed by atoms with E-state index in [2.05, 4.69) is 0 Å². The monoisotopic (exact) mass is 269 g/mol. The molecule has 0 spiro atoms. The summed E-state index contributed by atoms with van der Waals surface area (Å²) in [6, 6.07) is 2.22. The van der Waals surface area contributed by atoms with Crippen molar-refractivity contribution in [3.8, 4) is 0 Å². The van der Waals surface area contributed by atoms with E-state index in [-0.39, 0.29) is 12.1 Å². The van der Waals surface area contributed by atoms with Gasteiger partial charge in [0.05, 0.1) is 11.5 Å². The predicted octanol–water partition coefficient (Wildman–Crippen LogP) is 1.90. The molecule has 1 fully saturated rings. The van der Waals surface area contributed by atoms with Crippen molar-refractivity contribution in [2.24, 2.45) is 5.92 Å². The number of aliphatic carboxylic acids is 1. The molecule has 0 aliphatic carbocycles. The minimum absolute atomic E-state index is 0.237. The summed E-state index contributed by atoms with van der Waals surface area (Å²) in [6.07, 6.45) is 0.338. The number of likely N-dealkylation sites (tertiary alicyclic amines) is 1. The summed E-state index contributed by atoms with van der Waals surface area (Å²) < 4.78 is 26.3. The first-order valence-electron chi connectivity index (χ1n) is 5.90. The number of hydrogen-bond acceptors (Lipinski definition) is 2. The zero-order chi connectivity index (χ0) is 14.2. The van der Waals surface area contributed by atoms with Gasteiger partial charge in [0.15, 0.2) is 0 Å². The minimum Gasteiger partial charge on any atom is -0.481 e. The van der Waals surface area contributed by atoms with Gasteiger partial charge >= 0.3 is 5.97 Å². The van der Waals surface area contributed by atoms with E-state index in [0.29, 0.717) is 12.5 Å². The second-order valence-electron chi connectivity index (χ2n) is 4.60. The van der Waals surface area contributed by atoms with Crippen molar-refractivity contribution in [1.29, 1.82) is 0 Å². The maximum absolute atomic E-state index is 13.5. The number of carbonyl (C=O) groups excluding carboxylic acids is 1. The molecule has 2 rings (SSSR count). The third-order valence-corrected chi connectivity index (χ3v) is 3.49. The second-order valence-corrected chi connectivity index (χ2v) is 4.60. The Balaban J connectivity index is 2.23. The maximum atomic E-state index is 13.5. The average molecular weight is 269 g/mol. The van der Waals surface area contributed by atoms with Crippen molar-refractivity contribution >= 4 is 11.9 Å². The maximum Gasteiger partial charge on any atom is 0.308 e. The number of carboxylic acids is 1. The Hall–Kier alpha value is -1.98. The number of rotatable bonds is 2. The lowest BCUT2D eigenvalue weighted by Gasteiger charge is -2.23. The van der Waals surface area contributed by atoms with E-state index in [1.165, 1.54) is 4.90 Å². The molecule has 102 valence electrons. The predicted molar refractivity (Wildman–Crippen MR) is 62.6 cm³/mol. The SMILES string of the molecule is CC1C(C(=O)O)CCN1C(=O)c1ccc(F)cc1F. The van der Waals surface area contributed by atoms with Crippen LogP contribution in [0.2, 0.25) is 0 Å². The van der Waals surface area contributed by atoms with E-state index in [0.717, 1.165) is 12.1 Å². The molecule has 1 saturated heterocycles. The molecule has 6 heteroatoms. The van der Waals surface area contributed by atoms with Crippen LogP contribution in [0.15, 0.2) is 18.2 Å². The van der Waals surface area contributed by atoms with Crippen LogP contribution in [0.5, 0.6) is 0 Å². The summed E-state index contributed by atoms with van der Waals surface area (Å²) in [7, 11) is 0. The van der Waals surface area contributed by atoms with Crippen LogP contribution in [0, 0.1) is 17.6 Å². The van der Waals surface area contributed by atoms with E-state index in [1.54, 1.807) is 6.92 Å². The van der Waals surface area contributed by atoms with Gasteiger partial charge in [-0.15, -0.1) is 0 Å². The Kier molecular flexibility index (Phi) is 3.50. The number of halogens is 2. The molecule has 0 radical (unpaired) electrons. The van der Waals surface area contributed by atoms with E-state index >= 15 is 0 Å². The van der Waals surface area contributed by atoms with Gasteiger partial charge in [0, 0.05) is 18.7 Å². The van der Waals surface area contributed by atoms with Crippen molar-refractivity contribution in [2.45, 2.75) is 19.4 Å². The summed E-state index contributed by atoms with van der Waals surface area (Å²) in [6.45, 7) is 1.87. The normalized spacial score (nSPS) is 22.6. The highest BCUT2D eigenvalue weighted by atomic mass is 19.1. The summed E-state index contributed by atoms with van der Waals surface area (Å²) in [4.78, 5) is 24.4. The van der Waals surface area contributed by atoms with Gasteiger partial charge in [-0.05, 0) is 25.5 Å². The fraction of sp³-hybridized carbons (Fsp3) is 0.385. The molecule has 0 aromatic heterocycles. The van der Waals surface area contributed by atoms with Gasteiger partial charge in [-0.3, -0.25) is 9.59 Å². The molecule has 1 N–H and O–H groups in total. The Morgan fingerprint density at radius 1 is 1.37 bits per heavy atom. The molecule has 1 aliphatic rings. The number of carboxylic acid groups (broad SMARTS) is 1. The molecule has 1 amide bonds. The van der Waals surface area contributed by atoms with Gasteiger partial charge in [0.1, 0.15) is 11.6 Å². The third-order valence-electron chi connectivity index (χ3n) is 3.49. The fourth-order valence-electron chi connectivity index (χ4n) is 2.37. The molecule has 1 aromatic rings. The van der Waals surface area contributed by atoms with Crippen LogP contribution < -0.4 is 0 Å². The first-order valence-corrected chi connectivity index (χ1v) is 5.90. The third kappa shape index (κ3) is 2.43. The molecule has 4 nitrogen and oxygen atoms in total. The van der Waals surface area contributed by atoms with E-state index in [1.807, 2.05) is 0 Å². The molecule has 2 atom stereocenters. The Morgan fingerprint density at radius 2 is 2.05 bits per heavy atom. The van der Waals surface area contributed by atoms with Crippen molar-refractivity contribution in [3.63, 3.8) is 0 Å². The Labute approximate surface area is 108 Å². The van der Waals surface area contributed by atoms with Gasteiger partial charge in [-0.2, -0.15) is 0 Å². The molecule has 19 heavy (non-hydrogen) atoms. The summed E-state index contributed by atoms with van der Waals surface area (Å²) >= 11 is 0. The van der Waals surface area contributed by atoms with Gasteiger partial charge < -0.3 is 10.0 Å². The standard InChI is InChI=1S/C13H13F2NO3/c1-7-9(13(18)19)4-5-16(7)12(17)10-3-2-8(14)6-11(10)15/h2-3,6-7,9H,4-5H2,1H3,(H,18,19). The lowest BCUT2D eigenvalue weighted by Crippen LogP contribution is -2.38. The molecule has 1 aromatic carbocycles. The van der Waals surface area contributed by atoms with Crippen molar-refractivity contribution in [3.05, 3.63) is 35.4 Å². The van der Waals surface area contributed by atoms with Crippen LogP contribution in [0.4, 0.5) is 8.78 Å². The molecule has 1 heterocycles. The van der Waals surface area contributed by atoms with Crippen LogP contribution in [0.25, 0.3) is 0 Å². The molecular formula is C13H13F2NO3. The summed E-state index contributed by atoms with van der Waals surface area (Å²) in [5, 5.41) is 8.98. The van der Waals surface area contributed by atoms with Gasteiger partial charge in [-0.25, -0.2) is 8.78 Å². The lowest BCUT2D eigenvalue weighted by atomic mass is 10.0. The van der Waals surface area contributed by atoms with Crippen molar-refractivity contribution in [2.75, 3.05) is 6.54 Å². The van der Waals surface area contributed by atoms with Gasteiger partial charge in [0.25, 0.3) is 5.91 Å². The number of amides is 1. The van der Waals surface area contributed by atoms with E-state index in [4.69, 9.17) is 5.11 Å². The number of nitrogens with zero attached hydrogens (tertiary/aromatic N) is 1. The fourth-order valence-corrected chi connectivity index (χ4v) is 2.37. The first kappa shape index (κ1) is 13.5. The zero-order valence-electron chi connectivity index (χ0n) is 10.3. The molecule has 0 saturated carbocycles.